The Morgan fingerprint density at radius 1 is 1.32 bits per heavy atom. The van der Waals surface area contributed by atoms with Crippen molar-refractivity contribution in [2.75, 3.05) is 26.9 Å². The number of ether oxygens (including phenoxy) is 2. The van der Waals surface area contributed by atoms with Crippen LogP contribution in [-0.2, 0) is 9.53 Å². The molecule has 0 aliphatic carbocycles. The van der Waals surface area contributed by atoms with Crippen LogP contribution in [-0.4, -0.2) is 43.9 Å². The van der Waals surface area contributed by atoms with E-state index >= 15 is 0 Å². The highest BCUT2D eigenvalue weighted by molar-refractivity contribution is 5.94. The fourth-order valence-corrected chi connectivity index (χ4v) is 1.36. The third kappa shape index (κ3) is 5.87. The smallest absolute Gasteiger partial charge is 0.305 e. The summed E-state index contributed by atoms with van der Waals surface area (Å²) in [4.78, 5) is 22.0. The maximum Gasteiger partial charge on any atom is 0.305 e. The summed E-state index contributed by atoms with van der Waals surface area (Å²) in [6, 6.07) is 6.81. The van der Waals surface area contributed by atoms with Gasteiger partial charge in [0, 0.05) is 12.1 Å². The summed E-state index contributed by atoms with van der Waals surface area (Å²) < 4.78 is 10.1. The van der Waals surface area contributed by atoms with E-state index in [-0.39, 0.29) is 25.5 Å². The highest BCUT2D eigenvalue weighted by Crippen LogP contribution is 2.12. The molecule has 0 spiro atoms. The molecule has 6 nitrogen and oxygen atoms in total. The van der Waals surface area contributed by atoms with Gasteiger partial charge >= 0.3 is 5.97 Å². The number of carbonyl (C=O) groups excluding carboxylic acids is 1. The van der Waals surface area contributed by atoms with Gasteiger partial charge in [-0.2, -0.15) is 0 Å². The molecule has 0 bridgehead atoms. The molecule has 0 aliphatic heterocycles. The molecule has 0 unspecified atom stereocenters. The van der Waals surface area contributed by atoms with E-state index in [2.05, 4.69) is 5.32 Å². The van der Waals surface area contributed by atoms with Crippen molar-refractivity contribution in [2.24, 2.45) is 0 Å². The Morgan fingerprint density at radius 3 is 2.79 bits per heavy atom. The molecule has 0 fully saturated rings. The summed E-state index contributed by atoms with van der Waals surface area (Å²) in [6.07, 6.45) is -0.0379. The molecule has 0 aromatic heterocycles. The zero-order chi connectivity index (χ0) is 14.1. The SMILES string of the molecule is COc1cccc(C(=O)NCCOCCC(=O)O)c1. The number of benzene rings is 1. The minimum absolute atomic E-state index is 0.0379. The number of carbonyl (C=O) groups is 2. The summed E-state index contributed by atoms with van der Waals surface area (Å²) in [6.45, 7) is 0.753. The van der Waals surface area contributed by atoms with Gasteiger partial charge in [0.25, 0.3) is 5.91 Å². The molecule has 1 aromatic rings. The zero-order valence-electron chi connectivity index (χ0n) is 10.7. The normalized spacial score (nSPS) is 9.95. The van der Waals surface area contributed by atoms with Crippen LogP contribution in [0.3, 0.4) is 0 Å². The molecule has 0 atom stereocenters. The van der Waals surface area contributed by atoms with E-state index in [1.807, 2.05) is 0 Å². The molecule has 0 saturated carbocycles. The number of hydrogen-bond acceptors (Lipinski definition) is 4. The first-order valence-corrected chi connectivity index (χ1v) is 5.85. The largest absolute Gasteiger partial charge is 0.497 e. The van der Waals surface area contributed by atoms with Crippen LogP contribution in [0.5, 0.6) is 5.75 Å². The molecule has 0 radical (unpaired) electrons. The van der Waals surface area contributed by atoms with Crippen molar-refractivity contribution in [3.05, 3.63) is 29.8 Å². The van der Waals surface area contributed by atoms with Crippen molar-refractivity contribution >= 4 is 11.9 Å². The van der Waals surface area contributed by atoms with Crippen molar-refractivity contribution in [1.82, 2.24) is 5.32 Å². The first-order chi connectivity index (χ1) is 9.13. The molecule has 6 heteroatoms. The van der Waals surface area contributed by atoms with Crippen molar-refractivity contribution in [2.45, 2.75) is 6.42 Å². The Balaban J connectivity index is 2.25. The van der Waals surface area contributed by atoms with E-state index in [1.54, 1.807) is 24.3 Å². The number of carboxylic acid groups (broad SMARTS) is 1. The number of methoxy groups -OCH3 is 1. The monoisotopic (exact) mass is 267 g/mol. The lowest BCUT2D eigenvalue weighted by Crippen LogP contribution is -2.27. The quantitative estimate of drug-likeness (QED) is 0.684. The second kappa shape index (κ2) is 8.10. The Hall–Kier alpha value is -2.08. The number of rotatable bonds is 8. The molecule has 104 valence electrons. The van der Waals surface area contributed by atoms with Gasteiger partial charge in [-0.05, 0) is 18.2 Å². The topological polar surface area (TPSA) is 84.9 Å². The summed E-state index contributed by atoms with van der Waals surface area (Å²) in [5, 5.41) is 11.1. The second-order valence-corrected chi connectivity index (χ2v) is 3.74. The number of hydrogen-bond donors (Lipinski definition) is 2. The minimum atomic E-state index is -0.902. The van der Waals surface area contributed by atoms with E-state index in [1.165, 1.54) is 7.11 Å². The summed E-state index contributed by atoms with van der Waals surface area (Å²) >= 11 is 0. The Morgan fingerprint density at radius 2 is 2.11 bits per heavy atom. The molecule has 1 rings (SSSR count). The second-order valence-electron chi connectivity index (χ2n) is 3.74. The van der Waals surface area contributed by atoms with Gasteiger partial charge in [0.05, 0.1) is 26.7 Å². The molecule has 0 saturated heterocycles. The molecule has 1 aromatic carbocycles. The van der Waals surface area contributed by atoms with Gasteiger partial charge in [0.2, 0.25) is 0 Å². The van der Waals surface area contributed by atoms with Gasteiger partial charge < -0.3 is 19.9 Å². The van der Waals surface area contributed by atoms with Crippen LogP contribution in [0, 0.1) is 0 Å². The van der Waals surface area contributed by atoms with Crippen LogP contribution in [0.25, 0.3) is 0 Å². The Bertz CT molecular complexity index is 433. The number of nitrogens with one attached hydrogen (secondary N) is 1. The maximum absolute atomic E-state index is 11.7. The Labute approximate surface area is 111 Å². The van der Waals surface area contributed by atoms with Crippen LogP contribution >= 0.6 is 0 Å². The van der Waals surface area contributed by atoms with Gasteiger partial charge in [-0.1, -0.05) is 6.07 Å². The summed E-state index contributed by atoms with van der Waals surface area (Å²) in [7, 11) is 1.54. The molecule has 1 amide bonds. The fraction of sp³-hybridized carbons (Fsp3) is 0.385. The van der Waals surface area contributed by atoms with Crippen molar-refractivity contribution in [1.29, 1.82) is 0 Å². The molecule has 2 N–H and O–H groups in total. The predicted molar refractivity (Wildman–Crippen MR) is 68.4 cm³/mol. The lowest BCUT2D eigenvalue weighted by Gasteiger charge is -2.07. The molecule has 0 heterocycles. The van der Waals surface area contributed by atoms with Crippen molar-refractivity contribution in [3.63, 3.8) is 0 Å². The van der Waals surface area contributed by atoms with Crippen molar-refractivity contribution < 1.29 is 24.2 Å². The zero-order valence-corrected chi connectivity index (χ0v) is 10.7. The average Bonchev–Trinajstić information content (AvgIpc) is 2.42. The standard InChI is InChI=1S/C13H17NO5/c1-18-11-4-2-3-10(9-11)13(17)14-6-8-19-7-5-12(15)16/h2-4,9H,5-8H2,1H3,(H,14,17)(H,15,16). The van der Waals surface area contributed by atoms with E-state index in [0.29, 0.717) is 17.9 Å². The van der Waals surface area contributed by atoms with Gasteiger partial charge in [-0.15, -0.1) is 0 Å². The van der Waals surface area contributed by atoms with Crippen molar-refractivity contribution in [3.8, 4) is 5.75 Å². The van der Waals surface area contributed by atoms with Gasteiger partial charge in [0.15, 0.2) is 0 Å². The fourth-order valence-electron chi connectivity index (χ4n) is 1.36. The van der Waals surface area contributed by atoms with Gasteiger partial charge in [-0.25, -0.2) is 0 Å². The van der Waals surface area contributed by atoms with Crippen LogP contribution in [0.2, 0.25) is 0 Å². The van der Waals surface area contributed by atoms with Gasteiger partial charge in [-0.3, -0.25) is 9.59 Å². The number of amides is 1. The highest BCUT2D eigenvalue weighted by Gasteiger charge is 2.05. The van der Waals surface area contributed by atoms with E-state index < -0.39 is 5.97 Å². The Kier molecular flexibility index (Phi) is 6.38. The van der Waals surface area contributed by atoms with Crippen LogP contribution in [0.4, 0.5) is 0 Å². The molecule has 19 heavy (non-hydrogen) atoms. The van der Waals surface area contributed by atoms with Crippen LogP contribution in [0.15, 0.2) is 24.3 Å². The molecular weight excluding hydrogens is 250 g/mol. The number of aliphatic carboxylic acids is 1. The van der Waals surface area contributed by atoms with Gasteiger partial charge in [0.1, 0.15) is 5.75 Å². The predicted octanol–water partition coefficient (Wildman–Crippen LogP) is 0.916. The van der Waals surface area contributed by atoms with E-state index in [0.717, 1.165) is 0 Å². The molecule has 0 aliphatic rings. The first-order valence-electron chi connectivity index (χ1n) is 5.85. The van der Waals surface area contributed by atoms with E-state index in [9.17, 15) is 9.59 Å². The lowest BCUT2D eigenvalue weighted by molar-refractivity contribution is -0.138. The summed E-state index contributed by atoms with van der Waals surface area (Å²) in [5.41, 5.74) is 0.505. The van der Waals surface area contributed by atoms with E-state index in [4.69, 9.17) is 14.6 Å². The number of carboxylic acids is 1. The minimum Gasteiger partial charge on any atom is -0.497 e. The summed E-state index contributed by atoms with van der Waals surface area (Å²) in [5.74, 6) is -0.508. The maximum atomic E-state index is 11.7. The molecular formula is C13H17NO5. The van der Waals surface area contributed by atoms with Crippen LogP contribution < -0.4 is 10.1 Å². The third-order valence-electron chi connectivity index (χ3n) is 2.32. The first kappa shape index (κ1) is 15.0. The third-order valence-corrected chi connectivity index (χ3v) is 2.32. The van der Waals surface area contributed by atoms with Crippen LogP contribution in [0.1, 0.15) is 16.8 Å². The lowest BCUT2D eigenvalue weighted by atomic mass is 10.2. The average molecular weight is 267 g/mol. The highest BCUT2D eigenvalue weighted by atomic mass is 16.5.